The summed E-state index contributed by atoms with van der Waals surface area (Å²) in [6, 6.07) is 10.8. The van der Waals surface area contributed by atoms with Crippen molar-refractivity contribution in [1.29, 1.82) is 0 Å². The molecule has 0 saturated heterocycles. The third-order valence-corrected chi connectivity index (χ3v) is 3.26. The van der Waals surface area contributed by atoms with Gasteiger partial charge in [-0.2, -0.15) is 5.06 Å². The largest absolute Gasteiger partial charge is 0.451 e. The molecule has 0 fully saturated rings. The number of carbonyl (C=O) groups excluding carboxylic acids is 1. The van der Waals surface area contributed by atoms with Gasteiger partial charge in [-0.25, -0.2) is 9.78 Å². The number of methoxy groups -OCH3 is 1. The van der Waals surface area contributed by atoms with E-state index in [0.717, 1.165) is 0 Å². The van der Waals surface area contributed by atoms with E-state index in [9.17, 15) is 10.0 Å². The number of hydrogen-bond acceptors (Lipinski definition) is 5. The first kappa shape index (κ1) is 16.8. The quantitative estimate of drug-likeness (QED) is 0.681. The number of benzene rings is 1. The Morgan fingerprint density at radius 3 is 2.26 bits per heavy atom. The number of anilines is 1. The van der Waals surface area contributed by atoms with Crippen molar-refractivity contribution in [2.75, 3.05) is 12.2 Å². The molecule has 2 aromatic rings. The maximum atomic E-state index is 11.2. The van der Waals surface area contributed by atoms with Gasteiger partial charge in [0.25, 0.3) is 0 Å². The Labute approximate surface area is 135 Å². The molecule has 0 saturated carbocycles. The number of amides is 1. The summed E-state index contributed by atoms with van der Waals surface area (Å²) < 4.78 is 10.0. The van der Waals surface area contributed by atoms with Gasteiger partial charge in [0.1, 0.15) is 5.75 Å². The Morgan fingerprint density at radius 1 is 1.13 bits per heavy atom. The summed E-state index contributed by atoms with van der Waals surface area (Å²) in [4.78, 5) is 15.2. The minimum Gasteiger partial charge on any atom is -0.451 e. The topological polar surface area (TPSA) is 71.9 Å². The summed E-state index contributed by atoms with van der Waals surface area (Å²) in [6.45, 7) is 6.43. The normalized spacial score (nSPS) is 11.0. The van der Waals surface area contributed by atoms with E-state index in [4.69, 9.17) is 4.74 Å². The second kappa shape index (κ2) is 6.66. The van der Waals surface area contributed by atoms with Crippen molar-refractivity contribution >= 4 is 11.8 Å². The van der Waals surface area contributed by atoms with Crippen LogP contribution < -0.4 is 9.80 Å². The lowest BCUT2D eigenvalue weighted by Crippen LogP contribution is -2.26. The van der Waals surface area contributed by atoms with Crippen LogP contribution in [0.1, 0.15) is 26.3 Å². The van der Waals surface area contributed by atoms with E-state index in [1.165, 1.54) is 24.9 Å². The molecule has 0 aliphatic heterocycles. The summed E-state index contributed by atoms with van der Waals surface area (Å²) in [5, 5.41) is 9.92. The third kappa shape index (κ3) is 4.20. The number of hydrogen-bond donors (Lipinski definition) is 1. The molecule has 0 unspecified atom stereocenters. The van der Waals surface area contributed by atoms with Crippen LogP contribution in [-0.2, 0) is 10.2 Å². The molecule has 1 heterocycles. The van der Waals surface area contributed by atoms with Gasteiger partial charge in [-0.15, -0.1) is 0 Å². The van der Waals surface area contributed by atoms with Crippen LogP contribution in [0.5, 0.6) is 11.6 Å². The highest BCUT2D eigenvalue weighted by atomic mass is 16.6. The number of nitrogens with zero attached hydrogens (tertiary/aromatic N) is 2. The first-order valence-electron chi connectivity index (χ1n) is 7.12. The number of rotatable bonds is 3. The monoisotopic (exact) mass is 316 g/mol. The van der Waals surface area contributed by atoms with Gasteiger partial charge in [-0.1, -0.05) is 32.9 Å². The van der Waals surface area contributed by atoms with E-state index >= 15 is 0 Å². The maximum Gasteiger partial charge on any atom is 0.438 e. The Balaban J connectivity index is 2.08. The smallest absolute Gasteiger partial charge is 0.438 e. The number of ether oxygens (including phenoxy) is 2. The van der Waals surface area contributed by atoms with Crippen LogP contribution in [0.4, 0.5) is 10.5 Å². The molecule has 0 aliphatic carbocycles. The van der Waals surface area contributed by atoms with Crippen molar-refractivity contribution in [3.05, 3.63) is 48.2 Å². The first-order valence-corrected chi connectivity index (χ1v) is 7.12. The third-order valence-electron chi connectivity index (χ3n) is 3.26. The van der Waals surface area contributed by atoms with E-state index in [1.807, 2.05) is 24.3 Å². The van der Waals surface area contributed by atoms with Crippen molar-refractivity contribution in [2.24, 2.45) is 0 Å². The Morgan fingerprint density at radius 2 is 1.78 bits per heavy atom. The number of hydroxylamine groups is 1. The molecular weight excluding hydrogens is 296 g/mol. The number of pyridine rings is 1. The van der Waals surface area contributed by atoms with E-state index in [-0.39, 0.29) is 11.1 Å². The molecule has 0 bridgehead atoms. The molecule has 2 rings (SSSR count). The highest BCUT2D eigenvalue weighted by molar-refractivity contribution is 5.84. The lowest BCUT2D eigenvalue weighted by molar-refractivity contribution is 0.141. The minimum absolute atomic E-state index is 0.0803. The standard InChI is InChI=1S/C17H20N2O4/c1-17(2,3)12-5-8-14(9-6-12)23-15-10-7-13(11-18-15)19(21)16(20)22-4/h5-11,21H,1-4H3. The summed E-state index contributed by atoms with van der Waals surface area (Å²) in [5.74, 6) is 1.02. The van der Waals surface area contributed by atoms with Crippen LogP contribution in [0, 0.1) is 0 Å². The molecular formula is C17H20N2O4. The van der Waals surface area contributed by atoms with Crippen molar-refractivity contribution in [1.82, 2.24) is 4.98 Å². The summed E-state index contributed by atoms with van der Waals surface area (Å²) in [5.41, 5.74) is 1.48. The number of aromatic nitrogens is 1. The molecule has 1 aromatic heterocycles. The fraction of sp³-hybridized carbons (Fsp3) is 0.294. The zero-order valence-electron chi connectivity index (χ0n) is 13.6. The molecule has 0 atom stereocenters. The zero-order valence-corrected chi connectivity index (χ0v) is 13.6. The van der Waals surface area contributed by atoms with Gasteiger partial charge >= 0.3 is 6.09 Å². The van der Waals surface area contributed by atoms with Crippen LogP contribution in [0.15, 0.2) is 42.6 Å². The van der Waals surface area contributed by atoms with Crippen LogP contribution in [0.25, 0.3) is 0 Å². The van der Waals surface area contributed by atoms with Gasteiger partial charge in [0.15, 0.2) is 0 Å². The molecule has 122 valence electrons. The fourth-order valence-corrected chi connectivity index (χ4v) is 1.89. The number of carbonyl (C=O) groups is 1. The average Bonchev–Trinajstić information content (AvgIpc) is 2.54. The summed E-state index contributed by atoms with van der Waals surface area (Å²) in [7, 11) is 1.18. The van der Waals surface area contributed by atoms with Gasteiger partial charge < -0.3 is 9.47 Å². The molecule has 0 aliphatic rings. The highest BCUT2D eigenvalue weighted by Crippen LogP contribution is 2.26. The molecule has 1 amide bonds. The van der Waals surface area contributed by atoms with Crippen LogP contribution in [0.2, 0.25) is 0 Å². The van der Waals surface area contributed by atoms with E-state index < -0.39 is 6.09 Å². The highest BCUT2D eigenvalue weighted by Gasteiger charge is 2.15. The molecule has 6 nitrogen and oxygen atoms in total. The minimum atomic E-state index is -0.891. The van der Waals surface area contributed by atoms with Crippen molar-refractivity contribution < 1.29 is 19.5 Å². The molecule has 6 heteroatoms. The lowest BCUT2D eigenvalue weighted by Gasteiger charge is -2.19. The van der Waals surface area contributed by atoms with E-state index in [0.29, 0.717) is 16.7 Å². The Bertz CT molecular complexity index is 660. The lowest BCUT2D eigenvalue weighted by atomic mass is 9.87. The van der Waals surface area contributed by atoms with E-state index in [2.05, 4.69) is 30.5 Å². The first-order chi connectivity index (χ1) is 10.8. The van der Waals surface area contributed by atoms with Crippen molar-refractivity contribution in [3.8, 4) is 11.6 Å². The van der Waals surface area contributed by atoms with Gasteiger partial charge in [0.05, 0.1) is 19.0 Å². The van der Waals surface area contributed by atoms with Gasteiger partial charge in [-0.3, -0.25) is 5.21 Å². The summed E-state index contributed by atoms with van der Waals surface area (Å²) in [6.07, 6.45) is 0.425. The maximum absolute atomic E-state index is 11.2. The van der Waals surface area contributed by atoms with Crippen molar-refractivity contribution in [2.45, 2.75) is 26.2 Å². The Kier molecular flexibility index (Phi) is 4.86. The van der Waals surface area contributed by atoms with Crippen LogP contribution in [-0.4, -0.2) is 23.4 Å². The van der Waals surface area contributed by atoms with Gasteiger partial charge in [-0.05, 0) is 29.2 Å². The fourth-order valence-electron chi connectivity index (χ4n) is 1.89. The van der Waals surface area contributed by atoms with Crippen LogP contribution >= 0.6 is 0 Å². The molecule has 0 radical (unpaired) electrons. The van der Waals surface area contributed by atoms with Crippen molar-refractivity contribution in [3.63, 3.8) is 0 Å². The molecule has 0 spiro atoms. The van der Waals surface area contributed by atoms with Gasteiger partial charge in [0, 0.05) is 6.07 Å². The molecule has 1 N–H and O–H groups in total. The average molecular weight is 316 g/mol. The predicted molar refractivity (Wildman–Crippen MR) is 86.1 cm³/mol. The zero-order chi connectivity index (χ0) is 17.0. The molecule has 23 heavy (non-hydrogen) atoms. The molecule has 1 aromatic carbocycles. The van der Waals surface area contributed by atoms with Gasteiger partial charge in [0.2, 0.25) is 5.88 Å². The summed E-state index contributed by atoms with van der Waals surface area (Å²) >= 11 is 0. The second-order valence-electron chi connectivity index (χ2n) is 6.01. The SMILES string of the molecule is COC(=O)N(O)c1ccc(Oc2ccc(C(C)(C)C)cc2)nc1. The van der Waals surface area contributed by atoms with E-state index in [1.54, 1.807) is 6.07 Å². The Hall–Kier alpha value is -2.60. The van der Waals surface area contributed by atoms with Crippen LogP contribution in [0.3, 0.4) is 0 Å². The predicted octanol–water partition coefficient (Wildman–Crippen LogP) is 4.13. The second-order valence-corrected chi connectivity index (χ2v) is 6.01.